The molecule has 37 heavy (non-hydrogen) atoms. The van der Waals surface area contributed by atoms with Crippen molar-refractivity contribution in [2.45, 2.75) is 6.10 Å². The van der Waals surface area contributed by atoms with Crippen molar-refractivity contribution in [3.05, 3.63) is 83.4 Å². The Kier molecular flexibility index (Phi) is 6.12. The van der Waals surface area contributed by atoms with Gasteiger partial charge in [0.05, 0.1) is 11.1 Å². The van der Waals surface area contributed by atoms with Crippen LogP contribution >= 0.6 is 0 Å². The van der Waals surface area contributed by atoms with Gasteiger partial charge in [-0.1, -0.05) is 30.3 Å². The number of aromatic hydroxyl groups is 2. The Balaban J connectivity index is 1.48. The molecule has 0 unspecified atom stereocenters. The predicted molar refractivity (Wildman–Crippen MR) is 130 cm³/mol. The highest BCUT2D eigenvalue weighted by Gasteiger charge is 2.38. The summed E-state index contributed by atoms with van der Waals surface area (Å²) in [6.45, 7) is 0.0583. The summed E-state index contributed by atoms with van der Waals surface area (Å²) >= 11 is 0. The van der Waals surface area contributed by atoms with Gasteiger partial charge >= 0.3 is 0 Å². The topological polar surface area (TPSA) is 175 Å². The first-order valence-corrected chi connectivity index (χ1v) is 10.9. The average Bonchev–Trinajstić information content (AvgIpc) is 3.49. The van der Waals surface area contributed by atoms with Crippen molar-refractivity contribution in [2.75, 3.05) is 6.79 Å². The Hall–Kier alpha value is -5.39. The van der Waals surface area contributed by atoms with E-state index in [-0.39, 0.29) is 40.8 Å². The lowest BCUT2D eigenvalue weighted by atomic mass is 10.0. The largest absolute Gasteiger partial charge is 0.507 e. The lowest BCUT2D eigenvalue weighted by molar-refractivity contribution is 0.0943. The van der Waals surface area contributed by atoms with Crippen LogP contribution in [-0.4, -0.2) is 46.1 Å². The number of hydrazone groups is 2. The zero-order chi connectivity index (χ0) is 25.9. The van der Waals surface area contributed by atoms with Gasteiger partial charge < -0.3 is 24.4 Å². The number of phenolic OH excluding ortho intramolecular Hbond substituents is 2. The highest BCUT2D eigenvalue weighted by molar-refractivity contribution is 6.69. The lowest BCUT2D eigenvalue weighted by Crippen LogP contribution is -2.28. The van der Waals surface area contributed by atoms with E-state index in [2.05, 4.69) is 21.1 Å². The van der Waals surface area contributed by atoms with Gasteiger partial charge in [-0.05, 0) is 36.4 Å². The Morgan fingerprint density at radius 3 is 2.08 bits per heavy atom. The number of hydrogen-bond acceptors (Lipinski definition) is 10. The molecule has 2 amide bonds. The molecule has 2 aliphatic heterocycles. The highest BCUT2D eigenvalue weighted by atomic mass is 16.7. The molecule has 1 saturated heterocycles. The maximum Gasteiger partial charge on any atom is 0.275 e. The molecule has 12 heteroatoms. The van der Waals surface area contributed by atoms with Crippen molar-refractivity contribution in [3.63, 3.8) is 0 Å². The van der Waals surface area contributed by atoms with Crippen molar-refractivity contribution in [1.29, 1.82) is 5.41 Å². The summed E-state index contributed by atoms with van der Waals surface area (Å²) in [6, 6.07) is 16.8. The molecule has 2 heterocycles. The lowest BCUT2D eigenvalue weighted by Gasteiger charge is -2.11. The fourth-order valence-electron chi connectivity index (χ4n) is 3.66. The van der Waals surface area contributed by atoms with Crippen LogP contribution in [0.5, 0.6) is 23.0 Å². The van der Waals surface area contributed by atoms with Gasteiger partial charge in [-0.2, -0.15) is 10.2 Å². The van der Waals surface area contributed by atoms with Gasteiger partial charge in [-0.3, -0.25) is 15.0 Å². The number of nitrogens with zero attached hydrogens (tertiary/aromatic N) is 2. The second kappa shape index (κ2) is 9.70. The zero-order valence-corrected chi connectivity index (χ0v) is 19.0. The molecular weight excluding hydrogens is 482 g/mol. The van der Waals surface area contributed by atoms with E-state index in [0.717, 1.165) is 0 Å². The maximum atomic E-state index is 12.6. The fourth-order valence-corrected chi connectivity index (χ4v) is 3.66. The summed E-state index contributed by atoms with van der Waals surface area (Å²) < 4.78 is 16.4. The smallest absolute Gasteiger partial charge is 0.275 e. The molecule has 0 aromatic heterocycles. The summed E-state index contributed by atoms with van der Waals surface area (Å²) in [5.74, 6) is -1.37. The van der Waals surface area contributed by atoms with Gasteiger partial charge in [0.2, 0.25) is 12.7 Å². The molecule has 5 rings (SSSR count). The number of phenols is 2. The van der Waals surface area contributed by atoms with E-state index in [4.69, 9.17) is 19.6 Å². The number of fused-ring (bicyclic) bond motifs is 1. The Labute approximate surface area is 209 Å². The number of ether oxygens (including phenoxy) is 3. The van der Waals surface area contributed by atoms with E-state index >= 15 is 0 Å². The Morgan fingerprint density at radius 2 is 1.43 bits per heavy atom. The number of amides is 2. The van der Waals surface area contributed by atoms with Crippen LogP contribution in [0.3, 0.4) is 0 Å². The van der Waals surface area contributed by atoms with Crippen LogP contribution in [0.4, 0.5) is 0 Å². The first-order valence-electron chi connectivity index (χ1n) is 10.9. The number of carbonyl (C=O) groups excluding carboxylic acids is 2. The molecule has 0 bridgehead atoms. The molecule has 2 aliphatic rings. The molecule has 1 fully saturated rings. The Bertz CT molecular complexity index is 1480. The maximum absolute atomic E-state index is 12.6. The molecule has 0 radical (unpaired) electrons. The van der Waals surface area contributed by atoms with Gasteiger partial charge in [0.25, 0.3) is 11.8 Å². The summed E-state index contributed by atoms with van der Waals surface area (Å²) in [5.41, 5.74) is 4.91. The van der Waals surface area contributed by atoms with E-state index in [1.165, 1.54) is 24.3 Å². The molecule has 3 aromatic carbocycles. The zero-order valence-electron chi connectivity index (χ0n) is 19.0. The van der Waals surface area contributed by atoms with Crippen molar-refractivity contribution in [2.24, 2.45) is 10.2 Å². The molecule has 3 aromatic rings. The molecule has 0 aliphatic carbocycles. The SMILES string of the molecule is N=C1O[C@@H](c2ccc3c(c2)OCO3)C(=N/NC(=O)c2ccccc2O)/C1=N\NC(=O)c1ccccc1O. The highest BCUT2D eigenvalue weighted by Crippen LogP contribution is 2.37. The third-order valence-electron chi connectivity index (χ3n) is 5.49. The second-order valence-electron chi connectivity index (χ2n) is 7.81. The molecule has 0 spiro atoms. The molecule has 0 saturated carbocycles. The minimum atomic E-state index is -0.993. The third-order valence-corrected chi connectivity index (χ3v) is 5.49. The van der Waals surface area contributed by atoms with Crippen LogP contribution in [0, 0.1) is 5.41 Å². The van der Waals surface area contributed by atoms with Gasteiger partial charge in [0, 0.05) is 5.56 Å². The third kappa shape index (κ3) is 4.62. The predicted octanol–water partition coefficient (Wildman–Crippen LogP) is 2.45. The van der Waals surface area contributed by atoms with Crippen molar-refractivity contribution >= 4 is 29.1 Å². The number of carbonyl (C=O) groups is 2. The first kappa shape index (κ1) is 23.4. The molecule has 12 nitrogen and oxygen atoms in total. The normalized spacial score (nSPS) is 18.1. The summed E-state index contributed by atoms with van der Waals surface area (Å²) in [5, 5.41) is 36.3. The van der Waals surface area contributed by atoms with Crippen LogP contribution in [0.25, 0.3) is 0 Å². The fraction of sp³-hybridized carbons (Fsp3) is 0.0800. The van der Waals surface area contributed by atoms with Crippen LogP contribution in [-0.2, 0) is 4.74 Å². The van der Waals surface area contributed by atoms with Crippen molar-refractivity contribution in [1.82, 2.24) is 10.9 Å². The second-order valence-corrected chi connectivity index (χ2v) is 7.81. The quantitative estimate of drug-likeness (QED) is 0.334. The van der Waals surface area contributed by atoms with Gasteiger partial charge in [-0.25, -0.2) is 10.9 Å². The van der Waals surface area contributed by atoms with Gasteiger partial charge in [-0.15, -0.1) is 0 Å². The van der Waals surface area contributed by atoms with Crippen LogP contribution in [0.15, 0.2) is 76.9 Å². The van der Waals surface area contributed by atoms with Crippen molar-refractivity contribution < 1.29 is 34.0 Å². The molecule has 186 valence electrons. The summed E-state index contributed by atoms with van der Waals surface area (Å²) in [7, 11) is 0. The minimum Gasteiger partial charge on any atom is -0.507 e. The van der Waals surface area contributed by atoms with E-state index < -0.39 is 23.8 Å². The van der Waals surface area contributed by atoms with E-state index in [1.807, 2.05) is 0 Å². The summed E-state index contributed by atoms with van der Waals surface area (Å²) in [4.78, 5) is 25.2. The molecule has 5 N–H and O–H groups in total. The van der Waals surface area contributed by atoms with Crippen LogP contribution < -0.4 is 20.3 Å². The van der Waals surface area contributed by atoms with Gasteiger partial charge in [0.15, 0.2) is 23.3 Å². The van der Waals surface area contributed by atoms with Gasteiger partial charge in [0.1, 0.15) is 17.2 Å². The average molecular weight is 501 g/mol. The van der Waals surface area contributed by atoms with E-state index in [0.29, 0.717) is 17.1 Å². The minimum absolute atomic E-state index is 0.00483. The molecule has 1 atom stereocenters. The standard InChI is InChI=1S/C25H19N5O7/c26-23-21(28-30-25(34)15-6-2-4-8-17(15)32)20(27-29-24(33)14-5-1-3-7-16(14)31)22(37-23)13-9-10-18-19(11-13)36-12-35-18/h1-11,22,26,31-32H,12H2,(H,29,33)(H,30,34)/b26-23?,27-20+,28-21+/t22-/m0/s1. The number of nitrogens with one attached hydrogen (secondary N) is 3. The summed E-state index contributed by atoms with van der Waals surface area (Å²) in [6.07, 6.45) is -0.993. The number of hydrogen-bond donors (Lipinski definition) is 5. The number of benzene rings is 3. The van der Waals surface area contributed by atoms with E-state index in [9.17, 15) is 19.8 Å². The number of rotatable bonds is 5. The monoisotopic (exact) mass is 501 g/mol. The first-order chi connectivity index (χ1) is 17.9. The number of para-hydroxylation sites is 2. The van der Waals surface area contributed by atoms with E-state index in [1.54, 1.807) is 42.5 Å². The van der Waals surface area contributed by atoms with Crippen LogP contribution in [0.2, 0.25) is 0 Å². The van der Waals surface area contributed by atoms with Crippen LogP contribution in [0.1, 0.15) is 32.4 Å². The molecular formula is C25H19N5O7. The van der Waals surface area contributed by atoms with Crippen molar-refractivity contribution in [3.8, 4) is 23.0 Å². The Morgan fingerprint density at radius 1 is 0.838 bits per heavy atom.